The van der Waals surface area contributed by atoms with Gasteiger partial charge in [-0.25, -0.2) is 4.79 Å². The molecule has 7 nitrogen and oxygen atoms in total. The molecule has 2 aromatic rings. The Kier molecular flexibility index (Phi) is 3.90. The van der Waals surface area contributed by atoms with Crippen molar-refractivity contribution in [3.8, 4) is 11.4 Å². The monoisotopic (exact) mass is 274 g/mol. The van der Waals surface area contributed by atoms with Crippen LogP contribution in [0.15, 0.2) is 29.1 Å². The first-order valence-electron chi connectivity index (χ1n) is 6.09. The number of hydrogen-bond acceptors (Lipinski definition) is 5. The van der Waals surface area contributed by atoms with Crippen LogP contribution < -0.4 is 11.3 Å². The van der Waals surface area contributed by atoms with Crippen molar-refractivity contribution < 1.29 is 9.90 Å². The van der Waals surface area contributed by atoms with Crippen molar-refractivity contribution in [2.24, 2.45) is 5.73 Å². The van der Waals surface area contributed by atoms with E-state index in [0.29, 0.717) is 12.0 Å². The van der Waals surface area contributed by atoms with E-state index in [2.05, 4.69) is 15.2 Å². The summed E-state index contributed by atoms with van der Waals surface area (Å²) >= 11 is 0. The third-order valence-electron chi connectivity index (χ3n) is 2.92. The highest BCUT2D eigenvalue weighted by molar-refractivity contribution is 5.88. The Balaban J connectivity index is 2.36. The molecule has 0 radical (unpaired) electrons. The van der Waals surface area contributed by atoms with Crippen LogP contribution in [0.3, 0.4) is 0 Å². The Bertz CT molecular complexity index is 679. The van der Waals surface area contributed by atoms with E-state index in [1.807, 2.05) is 6.92 Å². The largest absolute Gasteiger partial charge is 0.478 e. The van der Waals surface area contributed by atoms with Gasteiger partial charge in [0.05, 0.1) is 11.6 Å². The van der Waals surface area contributed by atoms with Crippen molar-refractivity contribution >= 4 is 5.97 Å². The molecule has 104 valence electrons. The normalized spacial score (nSPS) is 12.1. The summed E-state index contributed by atoms with van der Waals surface area (Å²) < 4.78 is 0. The molecule has 1 unspecified atom stereocenters. The van der Waals surface area contributed by atoms with Crippen LogP contribution in [-0.4, -0.2) is 26.3 Å². The standard InChI is InChI=1S/C13H14N4O3/c1-2-9(14)10-12(18)15-11(17-16-10)7-3-5-8(6-4-7)13(19)20/h3-6,9H,2,14H2,1H3,(H,19,20)(H,15,17,18). The number of aromatic carboxylic acids is 1. The quantitative estimate of drug-likeness (QED) is 0.762. The number of nitrogens with zero attached hydrogens (tertiary/aromatic N) is 2. The number of H-pyrrole nitrogens is 1. The predicted molar refractivity (Wildman–Crippen MR) is 72.3 cm³/mol. The van der Waals surface area contributed by atoms with Gasteiger partial charge < -0.3 is 15.8 Å². The second-order valence-electron chi connectivity index (χ2n) is 4.29. The van der Waals surface area contributed by atoms with Crippen LogP contribution in [0.1, 0.15) is 35.4 Å². The first kappa shape index (κ1) is 13.9. The Labute approximate surface area is 114 Å². The van der Waals surface area contributed by atoms with Crippen LogP contribution in [0.5, 0.6) is 0 Å². The smallest absolute Gasteiger partial charge is 0.335 e. The number of nitrogens with two attached hydrogens (primary N) is 1. The molecule has 2 rings (SSSR count). The van der Waals surface area contributed by atoms with E-state index in [1.54, 1.807) is 12.1 Å². The minimum absolute atomic E-state index is 0.161. The number of carbonyl (C=O) groups is 1. The molecule has 0 saturated heterocycles. The molecule has 0 aliphatic carbocycles. The van der Waals surface area contributed by atoms with Crippen LogP contribution in [-0.2, 0) is 0 Å². The minimum Gasteiger partial charge on any atom is -0.478 e. The summed E-state index contributed by atoms with van der Waals surface area (Å²) in [6, 6.07) is 5.54. The van der Waals surface area contributed by atoms with Gasteiger partial charge in [-0.05, 0) is 18.6 Å². The first-order chi connectivity index (χ1) is 9.52. The lowest BCUT2D eigenvalue weighted by Crippen LogP contribution is -2.24. The zero-order valence-electron chi connectivity index (χ0n) is 10.8. The van der Waals surface area contributed by atoms with Crippen LogP contribution in [0.25, 0.3) is 11.4 Å². The predicted octanol–water partition coefficient (Wildman–Crippen LogP) is 0.940. The average molecular weight is 274 g/mol. The molecule has 1 aromatic heterocycles. The van der Waals surface area contributed by atoms with Gasteiger partial charge >= 0.3 is 5.97 Å². The average Bonchev–Trinajstić information content (AvgIpc) is 2.46. The second-order valence-corrected chi connectivity index (χ2v) is 4.29. The fourth-order valence-electron chi connectivity index (χ4n) is 1.68. The van der Waals surface area contributed by atoms with E-state index < -0.39 is 12.0 Å². The Morgan fingerprint density at radius 2 is 2.00 bits per heavy atom. The van der Waals surface area contributed by atoms with Gasteiger partial charge in [0.2, 0.25) is 0 Å². The number of benzene rings is 1. The van der Waals surface area contributed by atoms with Crippen molar-refractivity contribution in [3.63, 3.8) is 0 Å². The van der Waals surface area contributed by atoms with Crippen molar-refractivity contribution in [2.75, 3.05) is 0 Å². The molecule has 0 amide bonds. The molecule has 0 spiro atoms. The zero-order valence-corrected chi connectivity index (χ0v) is 10.8. The van der Waals surface area contributed by atoms with Crippen LogP contribution in [0.4, 0.5) is 0 Å². The maximum Gasteiger partial charge on any atom is 0.335 e. The number of hydrogen-bond donors (Lipinski definition) is 3. The summed E-state index contributed by atoms with van der Waals surface area (Å²) in [7, 11) is 0. The summed E-state index contributed by atoms with van der Waals surface area (Å²) in [4.78, 5) is 25.2. The molecule has 0 aliphatic heterocycles. The van der Waals surface area contributed by atoms with E-state index in [9.17, 15) is 9.59 Å². The SMILES string of the molecule is CCC(N)c1nnc(-c2ccc(C(=O)O)cc2)[nH]c1=O. The van der Waals surface area contributed by atoms with E-state index in [-0.39, 0.29) is 22.6 Å². The van der Waals surface area contributed by atoms with Gasteiger partial charge in [-0.2, -0.15) is 0 Å². The minimum atomic E-state index is -1.01. The van der Waals surface area contributed by atoms with Gasteiger partial charge in [-0.3, -0.25) is 4.79 Å². The molecule has 20 heavy (non-hydrogen) atoms. The Morgan fingerprint density at radius 1 is 1.35 bits per heavy atom. The fourth-order valence-corrected chi connectivity index (χ4v) is 1.68. The topological polar surface area (TPSA) is 122 Å². The fraction of sp³-hybridized carbons (Fsp3) is 0.231. The molecule has 4 N–H and O–H groups in total. The van der Waals surface area contributed by atoms with Gasteiger partial charge in [0.15, 0.2) is 5.82 Å². The number of aromatic amines is 1. The van der Waals surface area contributed by atoms with Crippen molar-refractivity contribution in [3.05, 3.63) is 45.9 Å². The lowest BCUT2D eigenvalue weighted by molar-refractivity contribution is 0.0697. The highest BCUT2D eigenvalue weighted by atomic mass is 16.4. The Hall–Kier alpha value is -2.54. The first-order valence-corrected chi connectivity index (χ1v) is 6.09. The van der Waals surface area contributed by atoms with Gasteiger partial charge in [0, 0.05) is 5.56 Å². The van der Waals surface area contributed by atoms with Gasteiger partial charge in [0.1, 0.15) is 5.69 Å². The number of nitrogens with one attached hydrogen (secondary N) is 1. The van der Waals surface area contributed by atoms with Gasteiger partial charge in [-0.15, -0.1) is 10.2 Å². The van der Waals surface area contributed by atoms with Crippen LogP contribution >= 0.6 is 0 Å². The maximum absolute atomic E-state index is 11.9. The number of aromatic nitrogens is 3. The summed E-state index contributed by atoms with van der Waals surface area (Å²) in [5.74, 6) is -0.737. The number of rotatable bonds is 4. The maximum atomic E-state index is 11.9. The van der Waals surface area contributed by atoms with E-state index in [0.717, 1.165) is 0 Å². The third-order valence-corrected chi connectivity index (χ3v) is 2.92. The summed E-state index contributed by atoms with van der Waals surface area (Å²) in [5, 5.41) is 16.6. The molecule has 1 aromatic carbocycles. The zero-order chi connectivity index (χ0) is 14.7. The molecule has 1 atom stereocenters. The molecule has 0 saturated carbocycles. The summed E-state index contributed by atoms with van der Waals surface area (Å²) in [5.41, 5.74) is 6.30. The van der Waals surface area contributed by atoms with Crippen molar-refractivity contribution in [2.45, 2.75) is 19.4 Å². The van der Waals surface area contributed by atoms with Gasteiger partial charge in [-0.1, -0.05) is 19.1 Å². The van der Waals surface area contributed by atoms with Crippen LogP contribution in [0, 0.1) is 0 Å². The summed E-state index contributed by atoms with van der Waals surface area (Å²) in [6.45, 7) is 1.85. The van der Waals surface area contributed by atoms with Gasteiger partial charge in [0.25, 0.3) is 5.56 Å². The highest BCUT2D eigenvalue weighted by Crippen LogP contribution is 2.14. The van der Waals surface area contributed by atoms with Crippen molar-refractivity contribution in [1.29, 1.82) is 0 Å². The lowest BCUT2D eigenvalue weighted by atomic mass is 10.1. The number of carboxylic acids is 1. The Morgan fingerprint density at radius 3 is 2.50 bits per heavy atom. The van der Waals surface area contributed by atoms with E-state index in [4.69, 9.17) is 10.8 Å². The molecule has 0 fully saturated rings. The molecule has 7 heteroatoms. The van der Waals surface area contributed by atoms with E-state index in [1.165, 1.54) is 12.1 Å². The second kappa shape index (κ2) is 5.62. The van der Waals surface area contributed by atoms with E-state index >= 15 is 0 Å². The molecule has 1 heterocycles. The summed E-state index contributed by atoms with van der Waals surface area (Å²) in [6.07, 6.45) is 0.588. The molecular formula is C13H14N4O3. The molecule has 0 aliphatic rings. The molecular weight excluding hydrogens is 260 g/mol. The third kappa shape index (κ3) is 2.72. The highest BCUT2D eigenvalue weighted by Gasteiger charge is 2.12. The number of carboxylic acid groups (broad SMARTS) is 1. The molecule has 0 bridgehead atoms. The lowest BCUT2D eigenvalue weighted by Gasteiger charge is -2.07. The van der Waals surface area contributed by atoms with Crippen molar-refractivity contribution in [1.82, 2.24) is 15.2 Å². The van der Waals surface area contributed by atoms with Crippen LogP contribution in [0.2, 0.25) is 0 Å².